The van der Waals surface area contributed by atoms with Gasteiger partial charge in [0.1, 0.15) is 6.04 Å². The van der Waals surface area contributed by atoms with Gasteiger partial charge in [0.05, 0.1) is 16.5 Å². The third-order valence-corrected chi connectivity index (χ3v) is 5.81. The highest BCUT2D eigenvalue weighted by atomic mass is 35.5. The van der Waals surface area contributed by atoms with E-state index < -0.39 is 36.0 Å². The number of hydrogen-bond acceptors (Lipinski definition) is 3. The molecular formula is C19H24ClF3N2O2S. The van der Waals surface area contributed by atoms with Crippen molar-refractivity contribution in [3.05, 3.63) is 34.9 Å². The van der Waals surface area contributed by atoms with Crippen LogP contribution in [0.4, 0.5) is 13.2 Å². The summed E-state index contributed by atoms with van der Waals surface area (Å²) in [7, 11) is 0. The minimum atomic E-state index is -4.25. The van der Waals surface area contributed by atoms with Gasteiger partial charge in [-0.3, -0.25) is 9.59 Å². The maximum Gasteiger partial charge on any atom is 0.391 e. The molecule has 0 radical (unpaired) electrons. The molecule has 0 aliphatic heterocycles. The first-order chi connectivity index (χ1) is 13.2. The Bertz CT molecular complexity index is 687. The number of thioether (sulfide) groups is 1. The van der Waals surface area contributed by atoms with Crippen molar-refractivity contribution >= 4 is 35.2 Å². The summed E-state index contributed by atoms with van der Waals surface area (Å²) >= 11 is 7.55. The molecule has 9 heteroatoms. The number of hydrogen-bond donors (Lipinski definition) is 2. The third-order valence-electron chi connectivity index (χ3n) is 4.83. The van der Waals surface area contributed by atoms with E-state index >= 15 is 0 Å². The monoisotopic (exact) mass is 436 g/mol. The van der Waals surface area contributed by atoms with Gasteiger partial charge < -0.3 is 10.6 Å². The molecule has 0 spiro atoms. The summed E-state index contributed by atoms with van der Waals surface area (Å²) in [5.41, 5.74) is 0.251. The van der Waals surface area contributed by atoms with E-state index in [1.54, 1.807) is 24.3 Å². The molecule has 0 unspecified atom stereocenters. The average molecular weight is 437 g/mol. The van der Waals surface area contributed by atoms with E-state index in [1.165, 1.54) is 11.8 Å². The molecule has 1 aliphatic rings. The predicted octanol–water partition coefficient (Wildman–Crippen LogP) is 4.43. The van der Waals surface area contributed by atoms with Gasteiger partial charge in [-0.2, -0.15) is 24.9 Å². The largest absolute Gasteiger partial charge is 0.391 e. The first kappa shape index (κ1) is 22.9. The fourth-order valence-corrected chi connectivity index (χ4v) is 4.00. The SMILES string of the molecule is CSCC[C@H](NC(=O)c1ccccc1Cl)C(=O)N[C@@H]1CCC[C@@H](C(F)(F)F)C1. The Kier molecular flexibility index (Phi) is 8.49. The smallest absolute Gasteiger partial charge is 0.352 e. The number of carbonyl (C=O) groups is 2. The molecule has 1 saturated carbocycles. The van der Waals surface area contributed by atoms with Crippen LogP contribution in [-0.2, 0) is 4.79 Å². The number of benzene rings is 1. The lowest BCUT2D eigenvalue weighted by Crippen LogP contribution is -2.51. The zero-order valence-corrected chi connectivity index (χ0v) is 17.1. The van der Waals surface area contributed by atoms with Gasteiger partial charge in [0.25, 0.3) is 5.91 Å². The topological polar surface area (TPSA) is 58.2 Å². The molecule has 2 amide bonds. The van der Waals surface area contributed by atoms with Crippen LogP contribution in [0.1, 0.15) is 42.5 Å². The van der Waals surface area contributed by atoms with E-state index in [9.17, 15) is 22.8 Å². The minimum Gasteiger partial charge on any atom is -0.352 e. The van der Waals surface area contributed by atoms with Crippen LogP contribution in [0.2, 0.25) is 5.02 Å². The summed E-state index contributed by atoms with van der Waals surface area (Å²) in [6, 6.07) is 5.11. The summed E-state index contributed by atoms with van der Waals surface area (Å²) < 4.78 is 39.0. The second kappa shape index (κ2) is 10.4. The fourth-order valence-electron chi connectivity index (χ4n) is 3.31. The highest BCUT2D eigenvalue weighted by Crippen LogP contribution is 2.37. The molecule has 0 heterocycles. The second-order valence-corrected chi connectivity index (χ2v) is 8.29. The Morgan fingerprint density at radius 2 is 2.00 bits per heavy atom. The van der Waals surface area contributed by atoms with Crippen LogP contribution in [0.15, 0.2) is 24.3 Å². The van der Waals surface area contributed by atoms with E-state index in [0.717, 1.165) is 0 Å². The van der Waals surface area contributed by atoms with Crippen molar-refractivity contribution in [3.63, 3.8) is 0 Å². The number of carbonyl (C=O) groups excluding carboxylic acids is 2. The maximum atomic E-state index is 13.0. The van der Waals surface area contributed by atoms with Crippen LogP contribution >= 0.6 is 23.4 Å². The van der Waals surface area contributed by atoms with Crippen molar-refractivity contribution in [1.29, 1.82) is 0 Å². The molecule has 4 nitrogen and oxygen atoms in total. The number of rotatable bonds is 7. The summed E-state index contributed by atoms with van der Waals surface area (Å²) in [4.78, 5) is 25.2. The highest BCUT2D eigenvalue weighted by molar-refractivity contribution is 7.98. The van der Waals surface area contributed by atoms with E-state index in [0.29, 0.717) is 25.0 Å². The molecule has 1 fully saturated rings. The molecule has 2 rings (SSSR count). The summed E-state index contributed by atoms with van der Waals surface area (Å²) in [5.74, 6) is -1.71. The molecule has 1 aromatic rings. The standard InChI is InChI=1S/C19H24ClF3N2O2S/c1-28-10-9-16(25-17(26)14-7-2-3-8-15(14)20)18(27)24-13-6-4-5-12(11-13)19(21,22)23/h2-3,7-8,12-13,16H,4-6,9-11H2,1H3,(H,24,27)(H,25,26)/t12-,13-,16+/m1/s1. The zero-order valence-electron chi connectivity index (χ0n) is 15.5. The molecule has 0 bridgehead atoms. The normalized spacial score (nSPS) is 21.0. The van der Waals surface area contributed by atoms with Crippen LogP contribution in [0, 0.1) is 5.92 Å². The van der Waals surface area contributed by atoms with Crippen LogP contribution in [-0.4, -0.2) is 42.1 Å². The van der Waals surface area contributed by atoms with Gasteiger partial charge in [-0.25, -0.2) is 0 Å². The molecule has 3 atom stereocenters. The predicted molar refractivity (Wildman–Crippen MR) is 106 cm³/mol. The number of amides is 2. The van der Waals surface area contributed by atoms with Crippen molar-refractivity contribution in [1.82, 2.24) is 10.6 Å². The molecule has 0 aromatic heterocycles. The number of nitrogens with one attached hydrogen (secondary N) is 2. The Balaban J connectivity index is 2.02. The quantitative estimate of drug-likeness (QED) is 0.664. The van der Waals surface area contributed by atoms with Crippen molar-refractivity contribution in [2.24, 2.45) is 5.92 Å². The van der Waals surface area contributed by atoms with E-state index in [2.05, 4.69) is 10.6 Å². The van der Waals surface area contributed by atoms with Crippen molar-refractivity contribution in [2.45, 2.75) is 50.4 Å². The number of alkyl halides is 3. The van der Waals surface area contributed by atoms with Gasteiger partial charge in [0.15, 0.2) is 0 Å². The molecule has 1 aromatic carbocycles. The summed E-state index contributed by atoms with van der Waals surface area (Å²) in [5, 5.41) is 5.64. The lowest BCUT2D eigenvalue weighted by Gasteiger charge is -2.32. The first-order valence-corrected chi connectivity index (χ1v) is 10.9. The van der Waals surface area contributed by atoms with Crippen molar-refractivity contribution in [3.8, 4) is 0 Å². The van der Waals surface area contributed by atoms with Gasteiger partial charge >= 0.3 is 6.18 Å². The Labute approximate surface area is 172 Å². The third kappa shape index (κ3) is 6.58. The minimum absolute atomic E-state index is 0.0923. The van der Waals surface area contributed by atoms with Crippen molar-refractivity contribution in [2.75, 3.05) is 12.0 Å². The van der Waals surface area contributed by atoms with Crippen LogP contribution in [0.5, 0.6) is 0 Å². The van der Waals surface area contributed by atoms with Gasteiger partial charge in [-0.15, -0.1) is 0 Å². The molecule has 1 aliphatic carbocycles. The van der Waals surface area contributed by atoms with Gasteiger partial charge in [-0.1, -0.05) is 30.2 Å². The molecule has 156 valence electrons. The zero-order chi connectivity index (χ0) is 20.7. The van der Waals surface area contributed by atoms with Crippen molar-refractivity contribution < 1.29 is 22.8 Å². The Morgan fingerprint density at radius 1 is 1.29 bits per heavy atom. The molecular weight excluding hydrogens is 413 g/mol. The van der Waals surface area contributed by atoms with Crippen LogP contribution in [0.3, 0.4) is 0 Å². The molecule has 28 heavy (non-hydrogen) atoms. The van der Waals surface area contributed by atoms with Crippen LogP contribution < -0.4 is 10.6 Å². The van der Waals surface area contributed by atoms with E-state index in [4.69, 9.17) is 11.6 Å². The fraction of sp³-hybridized carbons (Fsp3) is 0.579. The lowest BCUT2D eigenvalue weighted by atomic mass is 9.85. The van der Waals surface area contributed by atoms with Gasteiger partial charge in [0.2, 0.25) is 5.91 Å². The van der Waals surface area contributed by atoms with Gasteiger partial charge in [0, 0.05) is 6.04 Å². The Hall–Kier alpha value is -1.41. The first-order valence-electron chi connectivity index (χ1n) is 9.13. The molecule has 0 saturated heterocycles. The number of halogens is 4. The summed E-state index contributed by atoms with van der Waals surface area (Å²) in [6.07, 6.45) is -1.11. The van der Waals surface area contributed by atoms with E-state index in [-0.39, 0.29) is 23.4 Å². The maximum absolute atomic E-state index is 13.0. The second-order valence-electron chi connectivity index (χ2n) is 6.90. The molecule has 2 N–H and O–H groups in total. The lowest BCUT2D eigenvalue weighted by molar-refractivity contribution is -0.184. The summed E-state index contributed by atoms with van der Waals surface area (Å²) in [6.45, 7) is 0. The highest BCUT2D eigenvalue weighted by Gasteiger charge is 2.42. The van der Waals surface area contributed by atoms with Crippen LogP contribution in [0.25, 0.3) is 0 Å². The van der Waals surface area contributed by atoms with Gasteiger partial charge in [-0.05, 0) is 49.8 Å². The average Bonchev–Trinajstić information content (AvgIpc) is 2.64. The Morgan fingerprint density at radius 3 is 2.64 bits per heavy atom. The van der Waals surface area contributed by atoms with E-state index in [1.807, 2.05) is 6.26 Å².